The van der Waals surface area contributed by atoms with E-state index in [0.717, 1.165) is 24.6 Å². The summed E-state index contributed by atoms with van der Waals surface area (Å²) < 4.78 is 6.04. The van der Waals surface area contributed by atoms with Crippen molar-refractivity contribution in [2.24, 2.45) is 0 Å². The van der Waals surface area contributed by atoms with Crippen molar-refractivity contribution >= 4 is 0 Å². The van der Waals surface area contributed by atoms with E-state index in [9.17, 15) is 0 Å². The fraction of sp³-hybridized carbons (Fsp3) is 0.500. The molecule has 0 amide bonds. The molecule has 3 nitrogen and oxygen atoms in total. The van der Waals surface area contributed by atoms with E-state index in [1.807, 2.05) is 0 Å². The highest BCUT2D eigenvalue weighted by molar-refractivity contribution is 5.34. The van der Waals surface area contributed by atoms with Gasteiger partial charge in [-0.1, -0.05) is 37.1 Å². The lowest BCUT2D eigenvalue weighted by Crippen LogP contribution is -2.29. The van der Waals surface area contributed by atoms with Crippen molar-refractivity contribution in [3.05, 3.63) is 59.7 Å². The van der Waals surface area contributed by atoms with Crippen LogP contribution in [0, 0.1) is 0 Å². The summed E-state index contributed by atoms with van der Waals surface area (Å²) in [7, 11) is 0. The van der Waals surface area contributed by atoms with Gasteiger partial charge >= 0.3 is 0 Å². The molecular weight excluding hydrogens is 332 g/mol. The largest absolute Gasteiger partial charge is 0.457 e. The van der Waals surface area contributed by atoms with E-state index in [2.05, 4.69) is 58.3 Å². The molecule has 2 aliphatic heterocycles. The lowest BCUT2D eigenvalue weighted by molar-refractivity contribution is 0.221. The van der Waals surface area contributed by atoms with Gasteiger partial charge in [-0.15, -0.1) is 0 Å². The van der Waals surface area contributed by atoms with Crippen molar-refractivity contribution in [1.29, 1.82) is 0 Å². The normalized spacial score (nSPS) is 19.1. The van der Waals surface area contributed by atoms with E-state index in [1.54, 1.807) is 0 Å². The van der Waals surface area contributed by atoms with Crippen LogP contribution in [0.5, 0.6) is 11.5 Å². The van der Waals surface area contributed by atoms with E-state index < -0.39 is 0 Å². The molecule has 27 heavy (non-hydrogen) atoms. The highest BCUT2D eigenvalue weighted by Crippen LogP contribution is 2.24. The van der Waals surface area contributed by atoms with Crippen molar-refractivity contribution in [3.8, 4) is 11.5 Å². The van der Waals surface area contributed by atoms with E-state index in [-0.39, 0.29) is 0 Å². The molecule has 0 N–H and O–H groups in total. The van der Waals surface area contributed by atoms with Crippen LogP contribution in [0.25, 0.3) is 0 Å². The molecule has 4 rings (SSSR count). The third-order valence-corrected chi connectivity index (χ3v) is 5.79. The number of nitrogens with zero attached hydrogens (tertiary/aromatic N) is 2. The second kappa shape index (κ2) is 9.38. The van der Waals surface area contributed by atoms with Crippen molar-refractivity contribution in [2.45, 2.75) is 51.6 Å². The predicted octanol–water partition coefficient (Wildman–Crippen LogP) is 5.45. The molecule has 0 unspecified atom stereocenters. The van der Waals surface area contributed by atoms with Gasteiger partial charge in [0.15, 0.2) is 0 Å². The summed E-state index contributed by atoms with van der Waals surface area (Å²) in [6.07, 6.45) is 8.15. The van der Waals surface area contributed by atoms with E-state index in [0.29, 0.717) is 0 Å². The summed E-state index contributed by atoms with van der Waals surface area (Å²) >= 11 is 0. The van der Waals surface area contributed by atoms with Crippen molar-refractivity contribution in [3.63, 3.8) is 0 Å². The Labute approximate surface area is 163 Å². The summed E-state index contributed by atoms with van der Waals surface area (Å²) in [6.45, 7) is 7.07. The van der Waals surface area contributed by atoms with Gasteiger partial charge in [0.2, 0.25) is 0 Å². The maximum absolute atomic E-state index is 6.04. The predicted molar refractivity (Wildman–Crippen MR) is 111 cm³/mol. The minimum absolute atomic E-state index is 0.918. The van der Waals surface area contributed by atoms with Crippen LogP contribution in [0.4, 0.5) is 0 Å². The quantitative estimate of drug-likeness (QED) is 0.678. The minimum Gasteiger partial charge on any atom is -0.457 e. The molecular formula is C24H32N2O. The molecule has 0 aromatic heterocycles. The van der Waals surface area contributed by atoms with Crippen LogP contribution in [-0.2, 0) is 13.1 Å². The number of piperidine rings is 2. The van der Waals surface area contributed by atoms with Gasteiger partial charge in [0.1, 0.15) is 11.5 Å². The number of rotatable bonds is 6. The number of benzene rings is 2. The summed E-state index contributed by atoms with van der Waals surface area (Å²) in [5, 5.41) is 0. The fourth-order valence-electron chi connectivity index (χ4n) is 4.21. The average molecular weight is 365 g/mol. The third-order valence-electron chi connectivity index (χ3n) is 5.79. The Morgan fingerprint density at radius 2 is 0.889 bits per heavy atom. The molecule has 2 saturated heterocycles. The number of likely N-dealkylation sites (tertiary alicyclic amines) is 2. The van der Waals surface area contributed by atoms with Crippen LogP contribution in [0.1, 0.15) is 49.7 Å². The lowest BCUT2D eigenvalue weighted by Gasteiger charge is -2.26. The Bertz CT molecular complexity index is 622. The molecule has 3 heteroatoms. The molecule has 2 aliphatic rings. The van der Waals surface area contributed by atoms with Gasteiger partial charge in [0, 0.05) is 13.1 Å². The molecule has 2 aromatic rings. The highest BCUT2D eigenvalue weighted by Gasteiger charge is 2.11. The monoisotopic (exact) mass is 364 g/mol. The first kappa shape index (κ1) is 18.5. The third kappa shape index (κ3) is 5.57. The zero-order valence-electron chi connectivity index (χ0n) is 16.4. The van der Waals surface area contributed by atoms with Gasteiger partial charge in [0.05, 0.1) is 0 Å². The molecule has 2 fully saturated rings. The first-order valence-corrected chi connectivity index (χ1v) is 10.7. The molecule has 0 aliphatic carbocycles. The Morgan fingerprint density at radius 3 is 1.26 bits per heavy atom. The Hall–Kier alpha value is -1.84. The topological polar surface area (TPSA) is 15.7 Å². The zero-order valence-corrected chi connectivity index (χ0v) is 16.4. The van der Waals surface area contributed by atoms with Gasteiger partial charge in [-0.2, -0.15) is 0 Å². The second-order valence-corrected chi connectivity index (χ2v) is 8.06. The smallest absolute Gasteiger partial charge is 0.127 e. The molecule has 144 valence electrons. The van der Waals surface area contributed by atoms with Gasteiger partial charge in [0.25, 0.3) is 0 Å². The van der Waals surface area contributed by atoms with E-state index in [4.69, 9.17) is 4.74 Å². The SMILES string of the molecule is c1cc(Oc2ccc(CN3CCCCC3)cc2)ccc1CN1CCCCC1. The number of hydrogen-bond acceptors (Lipinski definition) is 3. The molecule has 0 radical (unpaired) electrons. The second-order valence-electron chi connectivity index (χ2n) is 8.06. The van der Waals surface area contributed by atoms with Crippen LogP contribution in [0.3, 0.4) is 0 Å². The summed E-state index contributed by atoms with van der Waals surface area (Å²) in [6, 6.07) is 17.2. The average Bonchev–Trinajstić information content (AvgIpc) is 2.73. The fourth-order valence-corrected chi connectivity index (χ4v) is 4.21. The van der Waals surface area contributed by atoms with Crippen molar-refractivity contribution in [1.82, 2.24) is 9.80 Å². The summed E-state index contributed by atoms with van der Waals surface area (Å²) in [5.74, 6) is 1.84. The molecule has 0 bridgehead atoms. The molecule has 0 spiro atoms. The Kier molecular flexibility index (Phi) is 6.44. The van der Waals surface area contributed by atoms with Gasteiger partial charge in [-0.25, -0.2) is 0 Å². The van der Waals surface area contributed by atoms with Gasteiger partial charge < -0.3 is 4.74 Å². The van der Waals surface area contributed by atoms with Crippen LogP contribution < -0.4 is 4.74 Å². The van der Waals surface area contributed by atoms with Crippen molar-refractivity contribution in [2.75, 3.05) is 26.2 Å². The van der Waals surface area contributed by atoms with E-state index in [1.165, 1.54) is 75.8 Å². The van der Waals surface area contributed by atoms with Crippen molar-refractivity contribution < 1.29 is 4.74 Å². The standard InChI is InChI=1S/C24H32N2O/c1-3-15-25(16-4-1)19-21-7-11-23(12-8-21)27-24-13-9-22(10-14-24)20-26-17-5-2-6-18-26/h7-14H,1-6,15-20H2. The van der Waals surface area contributed by atoms with Gasteiger partial charge in [-0.05, 0) is 87.3 Å². The Morgan fingerprint density at radius 1 is 0.519 bits per heavy atom. The lowest BCUT2D eigenvalue weighted by atomic mass is 10.1. The van der Waals surface area contributed by atoms with Crippen LogP contribution in [0.15, 0.2) is 48.5 Å². The molecule has 2 aromatic carbocycles. The number of ether oxygens (including phenoxy) is 1. The highest BCUT2D eigenvalue weighted by atomic mass is 16.5. The zero-order chi connectivity index (χ0) is 18.3. The summed E-state index contributed by atoms with van der Waals surface area (Å²) in [4.78, 5) is 5.11. The first-order chi connectivity index (χ1) is 13.3. The van der Waals surface area contributed by atoms with Crippen LogP contribution in [0.2, 0.25) is 0 Å². The number of hydrogen-bond donors (Lipinski definition) is 0. The molecule has 0 atom stereocenters. The maximum atomic E-state index is 6.04. The van der Waals surface area contributed by atoms with E-state index >= 15 is 0 Å². The Balaban J connectivity index is 1.29. The van der Waals surface area contributed by atoms with Gasteiger partial charge in [-0.3, -0.25) is 9.80 Å². The van der Waals surface area contributed by atoms with Crippen LogP contribution >= 0.6 is 0 Å². The molecule has 2 heterocycles. The summed E-state index contributed by atoms with van der Waals surface area (Å²) in [5.41, 5.74) is 2.75. The molecule has 0 saturated carbocycles. The maximum Gasteiger partial charge on any atom is 0.127 e. The first-order valence-electron chi connectivity index (χ1n) is 10.7. The van der Waals surface area contributed by atoms with Crippen LogP contribution in [-0.4, -0.2) is 36.0 Å². The minimum atomic E-state index is 0.918.